The van der Waals surface area contributed by atoms with Crippen LogP contribution in [0.2, 0.25) is 0 Å². The maximum absolute atomic E-state index is 13.0. The summed E-state index contributed by atoms with van der Waals surface area (Å²) in [6, 6.07) is 16.8. The zero-order valence-electron chi connectivity index (χ0n) is 17.2. The standard InChI is InChI=1S/C17H20N2O3.C7H7F/c20-12-18-10-8-17(9-11-18)16(21)19-14(6-7-15(19)22-17)13-4-2-1-3-5-13;1-6-3-2-4-7(8)5-6/h1-5,12,14-15H,6-11H2;2-5H,1H3. The highest BCUT2D eigenvalue weighted by Gasteiger charge is 2.57. The van der Waals surface area contributed by atoms with Gasteiger partial charge in [0.15, 0.2) is 5.60 Å². The molecule has 2 atom stereocenters. The fourth-order valence-corrected chi connectivity index (χ4v) is 4.64. The van der Waals surface area contributed by atoms with E-state index in [0.717, 1.165) is 24.8 Å². The molecule has 158 valence electrons. The van der Waals surface area contributed by atoms with Crippen LogP contribution in [0.15, 0.2) is 54.6 Å². The van der Waals surface area contributed by atoms with Crippen molar-refractivity contribution in [2.45, 2.75) is 50.5 Å². The molecular weight excluding hydrogens is 383 g/mol. The number of ether oxygens (including phenoxy) is 1. The first-order valence-electron chi connectivity index (χ1n) is 10.5. The lowest BCUT2D eigenvalue weighted by atomic mass is 9.90. The Morgan fingerprint density at radius 1 is 1.07 bits per heavy atom. The number of benzene rings is 2. The smallest absolute Gasteiger partial charge is 0.257 e. The van der Waals surface area contributed by atoms with Crippen LogP contribution in [0.4, 0.5) is 4.39 Å². The van der Waals surface area contributed by atoms with E-state index in [1.165, 1.54) is 17.7 Å². The van der Waals surface area contributed by atoms with E-state index < -0.39 is 5.60 Å². The summed E-state index contributed by atoms with van der Waals surface area (Å²) >= 11 is 0. The Morgan fingerprint density at radius 2 is 1.80 bits per heavy atom. The van der Waals surface area contributed by atoms with Gasteiger partial charge in [0.05, 0.1) is 6.04 Å². The molecule has 2 amide bonds. The summed E-state index contributed by atoms with van der Waals surface area (Å²) in [5.74, 6) is -0.0422. The van der Waals surface area contributed by atoms with Gasteiger partial charge in [-0.15, -0.1) is 0 Å². The van der Waals surface area contributed by atoms with Gasteiger partial charge in [0.1, 0.15) is 12.0 Å². The summed E-state index contributed by atoms with van der Waals surface area (Å²) in [5.41, 5.74) is 1.45. The van der Waals surface area contributed by atoms with Crippen molar-refractivity contribution in [3.63, 3.8) is 0 Å². The number of hydrogen-bond donors (Lipinski definition) is 0. The molecule has 5 rings (SSSR count). The summed E-state index contributed by atoms with van der Waals surface area (Å²) < 4.78 is 18.4. The van der Waals surface area contributed by atoms with Gasteiger partial charge in [-0.3, -0.25) is 9.59 Å². The van der Waals surface area contributed by atoms with Crippen molar-refractivity contribution < 1.29 is 18.7 Å². The van der Waals surface area contributed by atoms with Gasteiger partial charge in [0.25, 0.3) is 5.91 Å². The van der Waals surface area contributed by atoms with Crippen molar-refractivity contribution in [3.05, 3.63) is 71.5 Å². The third-order valence-corrected chi connectivity index (χ3v) is 6.24. The number of carbonyl (C=O) groups excluding carboxylic acids is 2. The highest BCUT2D eigenvalue weighted by molar-refractivity contribution is 5.88. The van der Waals surface area contributed by atoms with Gasteiger partial charge >= 0.3 is 0 Å². The molecule has 1 spiro atoms. The zero-order chi connectivity index (χ0) is 21.1. The monoisotopic (exact) mass is 410 g/mol. The Morgan fingerprint density at radius 3 is 2.40 bits per heavy atom. The Labute approximate surface area is 176 Å². The van der Waals surface area contributed by atoms with Crippen molar-refractivity contribution in [1.82, 2.24) is 9.80 Å². The van der Waals surface area contributed by atoms with Crippen molar-refractivity contribution in [3.8, 4) is 0 Å². The predicted octanol–water partition coefficient (Wildman–Crippen LogP) is 3.83. The topological polar surface area (TPSA) is 49.9 Å². The molecule has 30 heavy (non-hydrogen) atoms. The van der Waals surface area contributed by atoms with Crippen LogP contribution in [-0.4, -0.2) is 47.0 Å². The van der Waals surface area contributed by atoms with Gasteiger partial charge in [-0.2, -0.15) is 0 Å². The molecule has 3 heterocycles. The number of likely N-dealkylation sites (tertiary alicyclic amines) is 1. The Kier molecular flexibility index (Phi) is 5.86. The number of hydrogen-bond acceptors (Lipinski definition) is 3. The summed E-state index contributed by atoms with van der Waals surface area (Å²) in [6.45, 7) is 3.07. The largest absolute Gasteiger partial charge is 0.345 e. The minimum Gasteiger partial charge on any atom is -0.345 e. The lowest BCUT2D eigenvalue weighted by molar-refractivity contribution is -0.145. The van der Waals surface area contributed by atoms with Crippen molar-refractivity contribution in [2.24, 2.45) is 0 Å². The van der Waals surface area contributed by atoms with E-state index >= 15 is 0 Å². The molecule has 3 aliphatic heterocycles. The summed E-state index contributed by atoms with van der Waals surface area (Å²) in [7, 11) is 0. The van der Waals surface area contributed by atoms with Crippen LogP contribution in [0.5, 0.6) is 0 Å². The van der Waals surface area contributed by atoms with E-state index in [9.17, 15) is 14.0 Å². The molecule has 2 unspecified atom stereocenters. The first kappa shape index (κ1) is 20.5. The predicted molar refractivity (Wildman–Crippen MR) is 111 cm³/mol. The van der Waals surface area contributed by atoms with E-state index in [1.807, 2.05) is 36.1 Å². The average molecular weight is 410 g/mol. The second kappa shape index (κ2) is 8.56. The van der Waals surface area contributed by atoms with Gasteiger partial charge in [0, 0.05) is 25.9 Å². The highest BCUT2D eigenvalue weighted by atomic mass is 19.1. The summed E-state index contributed by atoms with van der Waals surface area (Å²) in [6.07, 6.45) is 3.83. The molecule has 0 aliphatic carbocycles. The highest BCUT2D eigenvalue weighted by Crippen LogP contribution is 2.47. The number of piperidine rings is 1. The molecule has 0 aromatic heterocycles. The molecule has 3 aliphatic rings. The number of aryl methyl sites for hydroxylation is 1. The second-order valence-corrected chi connectivity index (χ2v) is 8.22. The molecule has 0 N–H and O–H groups in total. The first-order valence-corrected chi connectivity index (χ1v) is 10.5. The number of amides is 2. The maximum atomic E-state index is 13.0. The van der Waals surface area contributed by atoms with E-state index in [1.54, 1.807) is 11.0 Å². The molecule has 3 fully saturated rings. The van der Waals surface area contributed by atoms with E-state index in [-0.39, 0.29) is 24.0 Å². The minimum atomic E-state index is -0.697. The van der Waals surface area contributed by atoms with Crippen molar-refractivity contribution in [1.29, 1.82) is 0 Å². The number of carbonyl (C=O) groups is 2. The Bertz CT molecular complexity index is 879. The van der Waals surface area contributed by atoms with Crippen LogP contribution in [0.3, 0.4) is 0 Å². The molecule has 0 radical (unpaired) electrons. The quantitative estimate of drug-likeness (QED) is 0.707. The summed E-state index contributed by atoms with van der Waals surface area (Å²) in [4.78, 5) is 27.6. The molecule has 0 saturated carbocycles. The SMILES string of the molecule is Cc1cccc(F)c1.O=CN1CCC2(CC1)OC1CCC(c3ccccc3)N1C2=O. The van der Waals surface area contributed by atoms with Gasteiger partial charge in [-0.1, -0.05) is 42.5 Å². The third kappa shape index (κ3) is 3.97. The van der Waals surface area contributed by atoms with Gasteiger partial charge < -0.3 is 14.5 Å². The molecular formula is C24H27FN2O3. The summed E-state index contributed by atoms with van der Waals surface area (Å²) in [5, 5.41) is 0. The van der Waals surface area contributed by atoms with Gasteiger partial charge in [-0.25, -0.2) is 4.39 Å². The van der Waals surface area contributed by atoms with Crippen molar-refractivity contribution in [2.75, 3.05) is 13.1 Å². The van der Waals surface area contributed by atoms with E-state index in [0.29, 0.717) is 25.9 Å². The van der Waals surface area contributed by atoms with Gasteiger partial charge in [-0.05, 0) is 43.0 Å². The van der Waals surface area contributed by atoms with Gasteiger partial charge in [0.2, 0.25) is 6.41 Å². The average Bonchev–Trinajstić information content (AvgIpc) is 3.28. The third-order valence-electron chi connectivity index (χ3n) is 6.24. The fourth-order valence-electron chi connectivity index (χ4n) is 4.64. The molecule has 2 aromatic carbocycles. The molecule has 3 saturated heterocycles. The normalized spacial score (nSPS) is 24.4. The maximum Gasteiger partial charge on any atom is 0.257 e. The molecule has 2 aromatic rings. The van der Waals surface area contributed by atoms with Crippen LogP contribution in [0.25, 0.3) is 0 Å². The Hall–Kier alpha value is -2.73. The molecule has 6 heteroatoms. The molecule has 0 bridgehead atoms. The lowest BCUT2D eigenvalue weighted by Gasteiger charge is -2.35. The zero-order valence-corrected chi connectivity index (χ0v) is 17.2. The van der Waals surface area contributed by atoms with Crippen LogP contribution >= 0.6 is 0 Å². The number of nitrogens with zero attached hydrogens (tertiary/aromatic N) is 2. The van der Waals surface area contributed by atoms with Crippen LogP contribution < -0.4 is 0 Å². The lowest BCUT2D eigenvalue weighted by Crippen LogP contribution is -2.50. The number of fused-ring (bicyclic) bond motifs is 1. The van der Waals surface area contributed by atoms with Crippen molar-refractivity contribution >= 4 is 12.3 Å². The van der Waals surface area contributed by atoms with Crippen LogP contribution in [-0.2, 0) is 14.3 Å². The molecule has 5 nitrogen and oxygen atoms in total. The van der Waals surface area contributed by atoms with Crippen LogP contribution in [0.1, 0.15) is 42.9 Å². The second-order valence-electron chi connectivity index (χ2n) is 8.22. The number of rotatable bonds is 2. The Balaban J connectivity index is 0.000000230. The first-order chi connectivity index (χ1) is 14.5. The minimum absolute atomic E-state index is 0.0968. The van der Waals surface area contributed by atoms with E-state index in [4.69, 9.17) is 4.74 Å². The van der Waals surface area contributed by atoms with E-state index in [2.05, 4.69) is 12.1 Å². The fraction of sp³-hybridized carbons (Fsp3) is 0.417. The van der Waals surface area contributed by atoms with Crippen LogP contribution in [0, 0.1) is 12.7 Å². The number of halogens is 1.